The molecule has 1 aliphatic heterocycles. The minimum atomic E-state index is -4.65. The van der Waals surface area contributed by atoms with Crippen LogP contribution in [-0.4, -0.2) is 65.0 Å². The minimum absolute atomic E-state index is 0. The van der Waals surface area contributed by atoms with E-state index in [1.807, 2.05) is 23.1 Å². The SMILES string of the molecule is C.CC(C)(O)c1cc(OC2CCC(N3CC(CC#N)(n4cc(-c5ncnc6[nH]ccc56)cn4)C3)CC2)nc(C(F)(F)F)c1. The largest absolute Gasteiger partial charge is 0.474 e. The third-order valence-electron chi connectivity index (χ3n) is 8.35. The highest BCUT2D eigenvalue weighted by molar-refractivity contribution is 5.90. The van der Waals surface area contributed by atoms with Crippen LogP contribution < -0.4 is 4.74 Å². The number of hydrogen-bond donors (Lipinski definition) is 2. The van der Waals surface area contributed by atoms with E-state index in [0.29, 0.717) is 32.4 Å². The van der Waals surface area contributed by atoms with Gasteiger partial charge in [-0.2, -0.15) is 23.5 Å². The number of nitrogens with one attached hydrogen (secondary N) is 1. The van der Waals surface area contributed by atoms with Gasteiger partial charge in [0.15, 0.2) is 0 Å². The summed E-state index contributed by atoms with van der Waals surface area (Å²) in [6.45, 7) is 4.20. The first kappa shape index (κ1) is 30.4. The average Bonchev–Trinajstić information content (AvgIpc) is 3.60. The number of rotatable bonds is 7. The fraction of sp³-hybridized carbons (Fsp3) is 0.500. The molecular formula is C30H35F3N8O2. The van der Waals surface area contributed by atoms with Crippen molar-refractivity contribution in [3.8, 4) is 23.2 Å². The molecule has 4 aromatic heterocycles. The zero-order valence-electron chi connectivity index (χ0n) is 23.3. The Bertz CT molecular complexity index is 1590. The summed E-state index contributed by atoms with van der Waals surface area (Å²) < 4.78 is 48.1. The topological polar surface area (TPSA) is 129 Å². The predicted octanol–water partition coefficient (Wildman–Crippen LogP) is 5.41. The van der Waals surface area contributed by atoms with Gasteiger partial charge in [0, 0.05) is 48.5 Å². The molecule has 0 unspecified atom stereocenters. The summed E-state index contributed by atoms with van der Waals surface area (Å²) in [5.41, 5.74) is -0.521. The fourth-order valence-electron chi connectivity index (χ4n) is 6.02. The molecule has 4 aromatic rings. The number of aromatic nitrogens is 6. The van der Waals surface area contributed by atoms with Crippen molar-refractivity contribution in [2.45, 2.75) is 82.8 Å². The maximum Gasteiger partial charge on any atom is 0.433 e. The maximum atomic E-state index is 13.4. The summed E-state index contributed by atoms with van der Waals surface area (Å²) in [5.74, 6) is -0.127. The first-order valence-corrected chi connectivity index (χ1v) is 13.9. The molecule has 1 aliphatic carbocycles. The lowest BCUT2D eigenvalue weighted by molar-refractivity contribution is -0.141. The molecule has 13 heteroatoms. The summed E-state index contributed by atoms with van der Waals surface area (Å²) in [6, 6.07) is 6.77. The van der Waals surface area contributed by atoms with Gasteiger partial charge in [-0.3, -0.25) is 9.58 Å². The molecule has 6 rings (SSSR count). The number of halogens is 3. The Balaban J connectivity index is 0.00000368. The lowest BCUT2D eigenvalue weighted by atomic mass is 9.82. The van der Waals surface area contributed by atoms with E-state index in [2.05, 4.69) is 36.0 Å². The standard InChI is InChI=1S/C29H31F3N8O2.CH4/c1-27(2,41)19-11-23(29(30,31)32)38-24(12-19)42-21-5-3-20(4-6-21)39-15-28(16-39,8-9-33)40-14-18(13-37-40)25-22-7-10-34-26(22)36-17-35-25;/h7,10-14,17,20-21,41H,3-6,8,15-16H2,1-2H3,(H,34,35,36);1H4. The van der Waals surface area contributed by atoms with E-state index in [-0.39, 0.29) is 31.0 Å². The Morgan fingerprint density at radius 2 is 1.91 bits per heavy atom. The van der Waals surface area contributed by atoms with Crippen LogP contribution >= 0.6 is 0 Å². The number of H-pyrrole nitrogens is 1. The number of pyridine rings is 1. The van der Waals surface area contributed by atoms with E-state index < -0.39 is 23.0 Å². The Labute approximate surface area is 247 Å². The number of fused-ring (bicyclic) bond motifs is 1. The highest BCUT2D eigenvalue weighted by Gasteiger charge is 2.48. The highest BCUT2D eigenvalue weighted by Crippen LogP contribution is 2.39. The number of ether oxygens (including phenoxy) is 1. The summed E-state index contributed by atoms with van der Waals surface area (Å²) >= 11 is 0. The predicted molar refractivity (Wildman–Crippen MR) is 153 cm³/mol. The van der Waals surface area contributed by atoms with Crippen molar-refractivity contribution in [2.75, 3.05) is 13.1 Å². The van der Waals surface area contributed by atoms with Crippen LogP contribution in [-0.2, 0) is 17.3 Å². The van der Waals surface area contributed by atoms with Crippen molar-refractivity contribution < 1.29 is 23.0 Å². The van der Waals surface area contributed by atoms with E-state index in [4.69, 9.17) is 4.74 Å². The number of hydrogen-bond acceptors (Lipinski definition) is 8. The van der Waals surface area contributed by atoms with Crippen LogP contribution in [0.15, 0.2) is 43.1 Å². The van der Waals surface area contributed by atoms with E-state index >= 15 is 0 Å². The Morgan fingerprint density at radius 3 is 2.58 bits per heavy atom. The van der Waals surface area contributed by atoms with Crippen LogP contribution in [0.25, 0.3) is 22.3 Å². The molecule has 0 aromatic carbocycles. The molecule has 2 fully saturated rings. The molecule has 5 heterocycles. The van der Waals surface area contributed by atoms with Gasteiger partial charge >= 0.3 is 6.18 Å². The fourth-order valence-corrected chi connectivity index (χ4v) is 6.02. The van der Waals surface area contributed by atoms with Gasteiger partial charge in [-0.1, -0.05) is 7.43 Å². The Kier molecular flexibility index (Phi) is 7.96. The quantitative estimate of drug-likeness (QED) is 0.290. The smallest absolute Gasteiger partial charge is 0.433 e. The van der Waals surface area contributed by atoms with Crippen molar-refractivity contribution >= 4 is 11.0 Å². The molecule has 10 nitrogen and oxygen atoms in total. The van der Waals surface area contributed by atoms with E-state index in [0.717, 1.165) is 41.2 Å². The first-order valence-electron chi connectivity index (χ1n) is 13.9. The van der Waals surface area contributed by atoms with Crippen LogP contribution in [0.2, 0.25) is 0 Å². The van der Waals surface area contributed by atoms with E-state index in [1.54, 1.807) is 6.20 Å². The van der Waals surface area contributed by atoms with Gasteiger partial charge in [-0.25, -0.2) is 15.0 Å². The summed E-state index contributed by atoms with van der Waals surface area (Å²) in [5, 5.41) is 25.5. The normalized spacial score (nSPS) is 20.7. The van der Waals surface area contributed by atoms with Crippen LogP contribution in [0.4, 0.5) is 13.2 Å². The molecule has 0 amide bonds. The molecule has 43 heavy (non-hydrogen) atoms. The maximum absolute atomic E-state index is 13.4. The second-order valence-corrected chi connectivity index (χ2v) is 11.8. The second kappa shape index (κ2) is 11.2. The molecule has 2 N–H and O–H groups in total. The number of nitriles is 1. The van der Waals surface area contributed by atoms with Crippen molar-refractivity contribution in [3.05, 3.63) is 54.4 Å². The van der Waals surface area contributed by atoms with Gasteiger partial charge in [0.05, 0.1) is 30.0 Å². The molecule has 0 atom stereocenters. The van der Waals surface area contributed by atoms with Gasteiger partial charge in [-0.15, -0.1) is 0 Å². The number of likely N-dealkylation sites (tertiary alicyclic amines) is 1. The number of alkyl halides is 3. The number of aromatic amines is 1. The molecule has 0 radical (unpaired) electrons. The highest BCUT2D eigenvalue weighted by atomic mass is 19.4. The third-order valence-corrected chi connectivity index (χ3v) is 8.35. The van der Waals surface area contributed by atoms with Crippen LogP contribution in [0.3, 0.4) is 0 Å². The van der Waals surface area contributed by atoms with Crippen molar-refractivity contribution in [2.24, 2.45) is 0 Å². The van der Waals surface area contributed by atoms with Gasteiger partial charge in [-0.05, 0) is 57.2 Å². The van der Waals surface area contributed by atoms with Crippen molar-refractivity contribution in [3.63, 3.8) is 0 Å². The zero-order valence-corrected chi connectivity index (χ0v) is 23.3. The molecule has 1 saturated carbocycles. The number of aliphatic hydroxyl groups is 1. The lowest BCUT2D eigenvalue weighted by Gasteiger charge is -2.53. The molecule has 0 bridgehead atoms. The van der Waals surface area contributed by atoms with Gasteiger partial charge in [0.2, 0.25) is 5.88 Å². The van der Waals surface area contributed by atoms with E-state index in [9.17, 15) is 23.5 Å². The van der Waals surface area contributed by atoms with Gasteiger partial charge < -0.3 is 14.8 Å². The van der Waals surface area contributed by atoms with Gasteiger partial charge in [0.1, 0.15) is 29.3 Å². The minimum Gasteiger partial charge on any atom is -0.474 e. The average molecular weight is 597 g/mol. The Morgan fingerprint density at radius 1 is 1.16 bits per heavy atom. The Hall–Kier alpha value is -4.02. The zero-order chi connectivity index (χ0) is 29.7. The molecule has 1 saturated heterocycles. The van der Waals surface area contributed by atoms with Gasteiger partial charge in [0.25, 0.3) is 0 Å². The third kappa shape index (κ3) is 5.94. The number of nitrogens with zero attached hydrogens (tertiary/aromatic N) is 7. The lowest BCUT2D eigenvalue weighted by Crippen LogP contribution is -2.65. The first-order chi connectivity index (χ1) is 19.9. The van der Waals surface area contributed by atoms with Crippen LogP contribution in [0.5, 0.6) is 5.88 Å². The van der Waals surface area contributed by atoms with Crippen LogP contribution in [0, 0.1) is 11.3 Å². The monoisotopic (exact) mass is 596 g/mol. The van der Waals surface area contributed by atoms with E-state index in [1.165, 1.54) is 26.2 Å². The second-order valence-electron chi connectivity index (χ2n) is 11.8. The molecular weight excluding hydrogens is 561 g/mol. The van der Waals surface area contributed by atoms with Crippen LogP contribution in [0.1, 0.15) is 64.6 Å². The molecule has 2 aliphatic rings. The summed E-state index contributed by atoms with van der Waals surface area (Å²) in [4.78, 5) is 17.8. The van der Waals surface area contributed by atoms with Crippen molar-refractivity contribution in [1.82, 2.24) is 34.6 Å². The molecule has 228 valence electrons. The summed E-state index contributed by atoms with van der Waals surface area (Å²) in [6.07, 6.45) is 5.37. The summed E-state index contributed by atoms with van der Waals surface area (Å²) in [7, 11) is 0. The molecule has 0 spiro atoms. The van der Waals surface area contributed by atoms with Crippen molar-refractivity contribution in [1.29, 1.82) is 5.26 Å².